The average Bonchev–Trinajstić information content (AvgIpc) is 3.39. The number of para-hydroxylation sites is 1. The fraction of sp³-hybridized carbons (Fsp3) is 0.0588. The molecule has 0 spiro atoms. The second-order valence-electron chi connectivity index (χ2n) is 5.38. The van der Waals surface area contributed by atoms with Gasteiger partial charge >= 0.3 is 5.00 Å². The summed E-state index contributed by atoms with van der Waals surface area (Å²) in [5.74, 6) is 0.736. The number of hydrogen-bond donors (Lipinski definition) is 1. The van der Waals surface area contributed by atoms with E-state index < -0.39 is 10.8 Å². The van der Waals surface area contributed by atoms with E-state index in [1.165, 1.54) is 23.5 Å². The minimum atomic E-state index is -0.529. The zero-order valence-electron chi connectivity index (χ0n) is 13.8. The number of methoxy groups -OCH3 is 1. The highest BCUT2D eigenvalue weighted by atomic mass is 32.1. The molecule has 0 bridgehead atoms. The van der Waals surface area contributed by atoms with Crippen LogP contribution < -0.4 is 10.1 Å². The van der Waals surface area contributed by atoms with E-state index in [1.54, 1.807) is 12.5 Å². The molecule has 0 aliphatic rings. The molecular weight excluding hydrogens is 390 g/mol. The number of benzene rings is 1. The Morgan fingerprint density at radius 3 is 2.93 bits per heavy atom. The van der Waals surface area contributed by atoms with E-state index in [-0.39, 0.29) is 9.88 Å². The molecule has 0 aliphatic heterocycles. The summed E-state index contributed by atoms with van der Waals surface area (Å²) in [6, 6.07) is 10.1. The van der Waals surface area contributed by atoms with Gasteiger partial charge in [0.2, 0.25) is 0 Å². The smallest absolute Gasteiger partial charge is 0.324 e. The first-order valence-electron chi connectivity index (χ1n) is 7.63. The molecule has 3 heterocycles. The summed E-state index contributed by atoms with van der Waals surface area (Å²) in [5, 5.41) is 16.3. The van der Waals surface area contributed by atoms with Gasteiger partial charge in [0.15, 0.2) is 22.2 Å². The van der Waals surface area contributed by atoms with Crippen LogP contribution in [-0.4, -0.2) is 22.9 Å². The van der Waals surface area contributed by atoms with Gasteiger partial charge in [0, 0.05) is 16.8 Å². The molecule has 0 aliphatic carbocycles. The van der Waals surface area contributed by atoms with E-state index in [9.17, 15) is 14.9 Å². The molecule has 0 unspecified atom stereocenters. The number of aromatic nitrogens is 1. The number of rotatable bonds is 5. The molecule has 0 saturated carbocycles. The molecule has 1 aromatic carbocycles. The van der Waals surface area contributed by atoms with Crippen molar-refractivity contribution in [2.24, 2.45) is 0 Å². The lowest BCUT2D eigenvalue weighted by molar-refractivity contribution is -0.380. The van der Waals surface area contributed by atoms with Crippen LogP contribution in [0.4, 0.5) is 10.1 Å². The van der Waals surface area contributed by atoms with Crippen molar-refractivity contribution >= 4 is 49.7 Å². The quantitative estimate of drug-likeness (QED) is 0.381. The largest absolute Gasteiger partial charge is 0.493 e. The van der Waals surface area contributed by atoms with E-state index in [1.807, 2.05) is 24.3 Å². The number of carbonyl (C=O) groups is 1. The molecule has 0 saturated heterocycles. The van der Waals surface area contributed by atoms with Crippen LogP contribution in [0.1, 0.15) is 9.67 Å². The Kier molecular flexibility index (Phi) is 4.34. The zero-order chi connectivity index (χ0) is 19.0. The normalized spacial score (nSPS) is 10.9. The molecule has 0 atom stereocenters. The lowest BCUT2D eigenvalue weighted by atomic mass is 10.2. The third-order valence-electron chi connectivity index (χ3n) is 3.70. The highest BCUT2D eigenvalue weighted by Gasteiger charge is 2.18. The summed E-state index contributed by atoms with van der Waals surface area (Å²) in [6.45, 7) is 0. The molecule has 10 heteroatoms. The number of anilines is 1. The second-order valence-corrected chi connectivity index (χ2v) is 7.30. The number of amides is 1. The maximum Gasteiger partial charge on any atom is 0.324 e. The molecule has 0 radical (unpaired) electrons. The van der Waals surface area contributed by atoms with Gasteiger partial charge in [-0.25, -0.2) is 4.98 Å². The standard InChI is InChI=1S/C17H11N3O5S2/c1-24-11-4-2-3-9-7-12(25-15(9)11)10-8-26-17(18-10)19-16(21)13-5-6-14(27-13)20(22)23/h2-8H,1H3,(H,18,19,21). The summed E-state index contributed by atoms with van der Waals surface area (Å²) in [5.41, 5.74) is 1.20. The van der Waals surface area contributed by atoms with Crippen molar-refractivity contribution in [2.75, 3.05) is 12.4 Å². The van der Waals surface area contributed by atoms with E-state index in [0.29, 0.717) is 27.9 Å². The fourth-order valence-electron chi connectivity index (χ4n) is 2.47. The Bertz CT molecular complexity index is 1160. The Labute approximate surface area is 160 Å². The van der Waals surface area contributed by atoms with Crippen molar-refractivity contribution in [3.8, 4) is 17.2 Å². The lowest BCUT2D eigenvalue weighted by Crippen LogP contribution is -2.09. The molecule has 1 amide bonds. The monoisotopic (exact) mass is 401 g/mol. The van der Waals surface area contributed by atoms with Crippen molar-refractivity contribution in [1.29, 1.82) is 0 Å². The van der Waals surface area contributed by atoms with Gasteiger partial charge in [-0.1, -0.05) is 23.5 Å². The van der Waals surface area contributed by atoms with Crippen LogP contribution in [0.3, 0.4) is 0 Å². The highest BCUT2D eigenvalue weighted by molar-refractivity contribution is 7.17. The van der Waals surface area contributed by atoms with Crippen LogP contribution in [0.15, 0.2) is 46.2 Å². The third kappa shape index (κ3) is 3.27. The van der Waals surface area contributed by atoms with Crippen molar-refractivity contribution in [1.82, 2.24) is 4.98 Å². The topological polar surface area (TPSA) is 108 Å². The van der Waals surface area contributed by atoms with Crippen LogP contribution in [-0.2, 0) is 0 Å². The summed E-state index contributed by atoms with van der Waals surface area (Å²) >= 11 is 2.05. The SMILES string of the molecule is COc1cccc2cc(-c3csc(NC(=O)c4ccc([N+](=O)[O-])s4)n3)oc12. The average molecular weight is 401 g/mol. The Morgan fingerprint density at radius 2 is 2.19 bits per heavy atom. The minimum Gasteiger partial charge on any atom is -0.493 e. The third-order valence-corrected chi connectivity index (χ3v) is 5.49. The fourth-order valence-corrected chi connectivity index (χ4v) is 3.88. The van der Waals surface area contributed by atoms with Gasteiger partial charge in [-0.05, 0) is 18.2 Å². The van der Waals surface area contributed by atoms with Crippen molar-refractivity contribution in [3.05, 3.63) is 56.8 Å². The van der Waals surface area contributed by atoms with E-state index in [0.717, 1.165) is 16.7 Å². The van der Waals surface area contributed by atoms with Crippen molar-refractivity contribution in [3.63, 3.8) is 0 Å². The Balaban J connectivity index is 1.56. The summed E-state index contributed by atoms with van der Waals surface area (Å²) < 4.78 is 11.1. The molecule has 1 N–H and O–H groups in total. The number of carbonyl (C=O) groups excluding carboxylic acids is 1. The summed E-state index contributed by atoms with van der Waals surface area (Å²) in [4.78, 5) is 27.0. The highest BCUT2D eigenvalue weighted by Crippen LogP contribution is 2.34. The van der Waals surface area contributed by atoms with Crippen LogP contribution in [0.5, 0.6) is 5.75 Å². The maximum absolute atomic E-state index is 12.2. The number of nitrogens with one attached hydrogen (secondary N) is 1. The molecule has 4 aromatic rings. The Morgan fingerprint density at radius 1 is 1.33 bits per heavy atom. The molecule has 136 valence electrons. The van der Waals surface area contributed by atoms with E-state index >= 15 is 0 Å². The van der Waals surface area contributed by atoms with E-state index in [4.69, 9.17) is 9.15 Å². The molecule has 27 heavy (non-hydrogen) atoms. The molecule has 0 fully saturated rings. The number of furan rings is 1. The number of thiophene rings is 1. The van der Waals surface area contributed by atoms with Gasteiger partial charge in [0.05, 0.1) is 16.9 Å². The van der Waals surface area contributed by atoms with Gasteiger partial charge in [0.25, 0.3) is 5.91 Å². The number of ether oxygens (including phenoxy) is 1. The first-order valence-corrected chi connectivity index (χ1v) is 9.33. The molecule has 8 nitrogen and oxygen atoms in total. The van der Waals surface area contributed by atoms with Crippen LogP contribution in [0, 0.1) is 10.1 Å². The second kappa shape index (κ2) is 6.82. The van der Waals surface area contributed by atoms with Gasteiger partial charge in [-0.2, -0.15) is 0 Å². The minimum absolute atomic E-state index is 0.0869. The first kappa shape index (κ1) is 17.2. The van der Waals surface area contributed by atoms with Gasteiger partial charge in [-0.15, -0.1) is 11.3 Å². The molecular formula is C17H11N3O5S2. The van der Waals surface area contributed by atoms with Crippen LogP contribution >= 0.6 is 22.7 Å². The predicted molar refractivity (Wildman–Crippen MR) is 103 cm³/mol. The van der Waals surface area contributed by atoms with Crippen molar-refractivity contribution < 1.29 is 18.9 Å². The summed E-state index contributed by atoms with van der Waals surface area (Å²) in [6.07, 6.45) is 0. The Hall–Kier alpha value is -3.24. The molecule has 4 rings (SSSR count). The van der Waals surface area contributed by atoms with Gasteiger partial charge < -0.3 is 9.15 Å². The first-order chi connectivity index (χ1) is 13.0. The molecule has 3 aromatic heterocycles. The number of thiazole rings is 1. The van der Waals surface area contributed by atoms with Crippen LogP contribution in [0.2, 0.25) is 0 Å². The maximum atomic E-state index is 12.2. The number of hydrogen-bond acceptors (Lipinski definition) is 8. The van der Waals surface area contributed by atoms with E-state index in [2.05, 4.69) is 10.3 Å². The van der Waals surface area contributed by atoms with Crippen LogP contribution in [0.25, 0.3) is 22.4 Å². The zero-order valence-corrected chi connectivity index (χ0v) is 15.4. The summed E-state index contributed by atoms with van der Waals surface area (Å²) in [7, 11) is 1.57. The number of fused-ring (bicyclic) bond motifs is 1. The predicted octanol–water partition coefficient (Wildman–Crippen LogP) is 4.79. The van der Waals surface area contributed by atoms with Gasteiger partial charge in [-0.3, -0.25) is 20.2 Å². The number of nitrogens with zero attached hydrogens (tertiary/aromatic N) is 2. The number of nitro groups is 1. The van der Waals surface area contributed by atoms with Gasteiger partial charge in [0.1, 0.15) is 5.69 Å². The lowest BCUT2D eigenvalue weighted by Gasteiger charge is -1.98. The van der Waals surface area contributed by atoms with Crippen molar-refractivity contribution in [2.45, 2.75) is 0 Å².